The molecule has 2 amide bonds. The first-order chi connectivity index (χ1) is 15.5. The summed E-state index contributed by atoms with van der Waals surface area (Å²) < 4.78 is 0.589. The maximum atomic E-state index is 12.7. The average molecular weight is 487 g/mol. The Morgan fingerprint density at radius 3 is 2.50 bits per heavy atom. The number of hydrogen-bond acceptors (Lipinski definition) is 4. The number of unbranched alkanes of at least 4 members (excludes halogenated alkanes) is 2. The minimum absolute atomic E-state index is 0.0500. The van der Waals surface area contributed by atoms with Crippen LogP contribution in [-0.2, 0) is 16.1 Å². The number of halogens is 1. The van der Waals surface area contributed by atoms with E-state index in [1.807, 2.05) is 60.4 Å². The molecular weight excluding hydrogens is 460 g/mol. The summed E-state index contributed by atoms with van der Waals surface area (Å²) in [6, 6.07) is 17.4. The highest BCUT2D eigenvalue weighted by Crippen LogP contribution is 2.33. The Morgan fingerprint density at radius 1 is 1.09 bits per heavy atom. The predicted octanol–water partition coefficient (Wildman–Crippen LogP) is 6.15. The molecule has 1 aliphatic heterocycles. The Morgan fingerprint density at radius 2 is 1.81 bits per heavy atom. The molecule has 0 unspecified atom stereocenters. The van der Waals surface area contributed by atoms with Crippen molar-refractivity contribution in [3.8, 4) is 0 Å². The highest BCUT2D eigenvalue weighted by atomic mass is 35.5. The molecule has 2 aromatic rings. The second-order valence-electron chi connectivity index (χ2n) is 7.59. The van der Waals surface area contributed by atoms with Crippen LogP contribution in [0, 0.1) is 0 Å². The Hall–Kier alpha value is -2.15. The second kappa shape index (κ2) is 12.2. The molecule has 0 N–H and O–H groups in total. The van der Waals surface area contributed by atoms with Crippen LogP contribution in [0.15, 0.2) is 59.5 Å². The summed E-state index contributed by atoms with van der Waals surface area (Å²) in [7, 11) is 0. The number of carbonyl (C=O) groups is 2. The SMILES string of the molecule is CCN(Cc1ccccc1)C(=O)CCCCCN1C(=O)C(=Cc2ccc(Cl)cc2)SC1=S. The normalized spacial score (nSPS) is 14.9. The summed E-state index contributed by atoms with van der Waals surface area (Å²) in [5.74, 6) is 0.124. The van der Waals surface area contributed by atoms with Gasteiger partial charge < -0.3 is 4.90 Å². The third-order valence-electron chi connectivity index (χ3n) is 5.26. The molecule has 0 radical (unpaired) electrons. The van der Waals surface area contributed by atoms with E-state index in [0.29, 0.717) is 40.3 Å². The molecule has 1 fully saturated rings. The summed E-state index contributed by atoms with van der Waals surface area (Å²) in [5.41, 5.74) is 2.06. The molecule has 2 aromatic carbocycles. The van der Waals surface area contributed by atoms with Gasteiger partial charge in [-0.2, -0.15) is 0 Å². The van der Waals surface area contributed by atoms with Crippen LogP contribution >= 0.6 is 35.6 Å². The smallest absolute Gasteiger partial charge is 0.266 e. The topological polar surface area (TPSA) is 40.6 Å². The van der Waals surface area contributed by atoms with Gasteiger partial charge in [-0.1, -0.05) is 84.5 Å². The first-order valence-corrected chi connectivity index (χ1v) is 12.4. The van der Waals surface area contributed by atoms with Crippen molar-refractivity contribution >= 4 is 57.8 Å². The number of thioether (sulfide) groups is 1. The van der Waals surface area contributed by atoms with Gasteiger partial charge in [0.1, 0.15) is 4.32 Å². The second-order valence-corrected chi connectivity index (χ2v) is 9.70. The van der Waals surface area contributed by atoms with Gasteiger partial charge in [0.25, 0.3) is 5.91 Å². The van der Waals surface area contributed by atoms with Gasteiger partial charge in [-0.05, 0) is 49.1 Å². The molecule has 4 nitrogen and oxygen atoms in total. The van der Waals surface area contributed by atoms with Crippen molar-refractivity contribution in [3.05, 3.63) is 75.7 Å². The van der Waals surface area contributed by atoms with E-state index in [4.69, 9.17) is 23.8 Å². The van der Waals surface area contributed by atoms with Gasteiger partial charge >= 0.3 is 0 Å². The van der Waals surface area contributed by atoms with Crippen molar-refractivity contribution in [2.75, 3.05) is 13.1 Å². The van der Waals surface area contributed by atoms with Crippen molar-refractivity contribution in [1.82, 2.24) is 9.80 Å². The molecule has 1 heterocycles. The Bertz CT molecular complexity index is 977. The van der Waals surface area contributed by atoms with Crippen molar-refractivity contribution in [1.29, 1.82) is 0 Å². The predicted molar refractivity (Wildman–Crippen MR) is 137 cm³/mol. The fraction of sp³-hybridized carbons (Fsp3) is 0.320. The molecule has 32 heavy (non-hydrogen) atoms. The molecule has 0 aliphatic carbocycles. The standard InChI is InChI=1S/C25H27ClN2O2S2/c1-2-27(18-20-9-5-3-6-10-20)23(29)11-7-4-8-16-28-24(30)22(32-25(28)31)17-19-12-14-21(26)15-13-19/h3,5-6,9-10,12-15,17H,2,4,7-8,11,16,18H2,1H3. The van der Waals surface area contributed by atoms with Crippen LogP contribution in [0.2, 0.25) is 5.02 Å². The fourth-order valence-electron chi connectivity index (χ4n) is 3.46. The summed E-state index contributed by atoms with van der Waals surface area (Å²) in [4.78, 5) is 29.5. The third kappa shape index (κ3) is 6.92. The number of nitrogens with zero attached hydrogens (tertiary/aromatic N) is 2. The maximum absolute atomic E-state index is 12.7. The van der Waals surface area contributed by atoms with Gasteiger partial charge in [0.15, 0.2) is 0 Å². The molecule has 0 atom stereocenters. The van der Waals surface area contributed by atoms with E-state index >= 15 is 0 Å². The molecule has 0 bridgehead atoms. The monoisotopic (exact) mass is 486 g/mol. The third-order valence-corrected chi connectivity index (χ3v) is 6.89. The van der Waals surface area contributed by atoms with Gasteiger partial charge in [-0.3, -0.25) is 14.5 Å². The van der Waals surface area contributed by atoms with Crippen molar-refractivity contribution < 1.29 is 9.59 Å². The Labute approximate surface area is 204 Å². The molecule has 0 aromatic heterocycles. The zero-order chi connectivity index (χ0) is 22.9. The summed E-state index contributed by atoms with van der Waals surface area (Å²) in [5, 5.41) is 0.662. The van der Waals surface area contributed by atoms with E-state index in [1.54, 1.807) is 17.0 Å². The number of carbonyl (C=O) groups excluding carboxylic acids is 2. The van der Waals surface area contributed by atoms with Crippen molar-refractivity contribution in [3.63, 3.8) is 0 Å². The summed E-state index contributed by atoms with van der Waals surface area (Å²) in [6.45, 7) is 3.93. The van der Waals surface area contributed by atoms with E-state index in [-0.39, 0.29) is 11.8 Å². The minimum atomic E-state index is -0.0500. The molecular formula is C25H27ClN2O2S2. The maximum Gasteiger partial charge on any atom is 0.266 e. The van der Waals surface area contributed by atoms with E-state index in [0.717, 1.165) is 30.4 Å². The Kier molecular flexibility index (Phi) is 9.33. The van der Waals surface area contributed by atoms with Gasteiger partial charge in [-0.15, -0.1) is 0 Å². The molecule has 168 valence electrons. The zero-order valence-electron chi connectivity index (χ0n) is 18.1. The first-order valence-electron chi connectivity index (χ1n) is 10.8. The van der Waals surface area contributed by atoms with Crippen LogP contribution in [-0.4, -0.2) is 39.0 Å². The highest BCUT2D eigenvalue weighted by Gasteiger charge is 2.31. The van der Waals surface area contributed by atoms with Gasteiger partial charge in [-0.25, -0.2) is 0 Å². The molecule has 1 saturated heterocycles. The van der Waals surface area contributed by atoms with Crippen LogP contribution in [0.1, 0.15) is 43.7 Å². The van der Waals surface area contributed by atoms with Gasteiger partial charge in [0.2, 0.25) is 5.91 Å². The number of benzene rings is 2. The largest absolute Gasteiger partial charge is 0.339 e. The minimum Gasteiger partial charge on any atom is -0.339 e. The lowest BCUT2D eigenvalue weighted by Crippen LogP contribution is -2.30. The van der Waals surface area contributed by atoms with E-state index < -0.39 is 0 Å². The van der Waals surface area contributed by atoms with Crippen LogP contribution in [0.4, 0.5) is 0 Å². The lowest BCUT2D eigenvalue weighted by atomic mass is 10.1. The van der Waals surface area contributed by atoms with Crippen LogP contribution in [0.25, 0.3) is 6.08 Å². The van der Waals surface area contributed by atoms with Gasteiger partial charge in [0.05, 0.1) is 4.91 Å². The molecule has 1 aliphatic rings. The van der Waals surface area contributed by atoms with E-state index in [2.05, 4.69) is 0 Å². The zero-order valence-corrected chi connectivity index (χ0v) is 20.5. The molecule has 0 spiro atoms. The number of thiocarbonyl (C=S) groups is 1. The fourth-order valence-corrected chi connectivity index (χ4v) is 4.90. The number of rotatable bonds is 10. The lowest BCUT2D eigenvalue weighted by Gasteiger charge is -2.21. The van der Waals surface area contributed by atoms with Crippen molar-refractivity contribution in [2.45, 2.75) is 39.2 Å². The Balaban J connectivity index is 1.42. The van der Waals surface area contributed by atoms with Crippen LogP contribution < -0.4 is 0 Å². The van der Waals surface area contributed by atoms with Gasteiger partial charge in [0, 0.05) is 31.1 Å². The quantitative estimate of drug-likeness (QED) is 0.229. The highest BCUT2D eigenvalue weighted by molar-refractivity contribution is 8.26. The lowest BCUT2D eigenvalue weighted by molar-refractivity contribution is -0.131. The van der Waals surface area contributed by atoms with E-state index in [9.17, 15) is 9.59 Å². The average Bonchev–Trinajstić information content (AvgIpc) is 3.06. The number of hydrogen-bond donors (Lipinski definition) is 0. The van der Waals surface area contributed by atoms with E-state index in [1.165, 1.54) is 11.8 Å². The molecule has 0 saturated carbocycles. The molecule has 7 heteroatoms. The van der Waals surface area contributed by atoms with Crippen molar-refractivity contribution in [2.24, 2.45) is 0 Å². The summed E-state index contributed by atoms with van der Waals surface area (Å²) in [6.07, 6.45) is 4.87. The molecule has 3 rings (SSSR count). The first kappa shape index (κ1) is 24.5. The van der Waals surface area contributed by atoms with Crippen LogP contribution in [0.5, 0.6) is 0 Å². The summed E-state index contributed by atoms with van der Waals surface area (Å²) >= 11 is 12.7. The van der Waals surface area contributed by atoms with Crippen LogP contribution in [0.3, 0.4) is 0 Å². The number of amides is 2.